The molecule has 102 valence electrons. The lowest BCUT2D eigenvalue weighted by atomic mass is 10.2. The van der Waals surface area contributed by atoms with E-state index in [1.165, 1.54) is 0 Å². The summed E-state index contributed by atoms with van der Waals surface area (Å²) in [4.78, 5) is 0. The van der Waals surface area contributed by atoms with E-state index in [-0.39, 0.29) is 5.75 Å². The summed E-state index contributed by atoms with van der Waals surface area (Å²) in [6, 6.07) is 5.44. The van der Waals surface area contributed by atoms with E-state index >= 15 is 0 Å². The number of rotatable bonds is 7. The van der Waals surface area contributed by atoms with Crippen LogP contribution in [0, 0.1) is 0 Å². The molecule has 3 N–H and O–H groups in total. The topological polar surface area (TPSA) is 90.7 Å². The first-order valence-electron chi connectivity index (χ1n) is 5.38. The van der Waals surface area contributed by atoms with Crippen LogP contribution in [0.25, 0.3) is 0 Å². The van der Waals surface area contributed by atoms with Gasteiger partial charge in [-0.3, -0.25) is 0 Å². The molecule has 0 heterocycles. The highest BCUT2D eigenvalue weighted by molar-refractivity contribution is 7.89. The number of sulfonamides is 1. The first-order chi connectivity index (χ1) is 8.46. The third-order valence-corrected chi connectivity index (χ3v) is 3.14. The summed E-state index contributed by atoms with van der Waals surface area (Å²) in [7, 11) is -0.263. The zero-order chi connectivity index (χ0) is 13.6. The molecular formula is C11H18N2O4S. The van der Waals surface area contributed by atoms with Crippen molar-refractivity contribution in [3.63, 3.8) is 0 Å². The van der Waals surface area contributed by atoms with Crippen molar-refractivity contribution < 1.29 is 17.9 Å². The summed E-state index contributed by atoms with van der Waals surface area (Å²) in [5.41, 5.74) is 0.895. The number of nitrogens with one attached hydrogen (secondary N) is 1. The molecule has 1 rings (SSSR count). The standard InChI is InChI=1S/C11H18N2O4S/c1-16-10-3-4-11(17-2)9(7-10)8-13-5-6-18(12,14)15/h3-4,7,13H,5-6,8H2,1-2H3,(H2,12,14,15). The number of primary sulfonamides is 1. The molecule has 1 aromatic carbocycles. The van der Waals surface area contributed by atoms with Gasteiger partial charge >= 0.3 is 0 Å². The average molecular weight is 274 g/mol. The molecule has 0 aliphatic rings. The van der Waals surface area contributed by atoms with Crippen LogP contribution in [0.2, 0.25) is 0 Å². The molecule has 7 heteroatoms. The van der Waals surface area contributed by atoms with Gasteiger partial charge in [0.25, 0.3) is 0 Å². The fourth-order valence-electron chi connectivity index (χ4n) is 1.46. The summed E-state index contributed by atoms with van der Waals surface area (Å²) in [6.07, 6.45) is 0. The molecule has 0 fully saturated rings. The molecule has 0 atom stereocenters. The second-order valence-electron chi connectivity index (χ2n) is 3.72. The Morgan fingerprint density at radius 3 is 2.56 bits per heavy atom. The highest BCUT2D eigenvalue weighted by Crippen LogP contribution is 2.23. The minimum absolute atomic E-state index is 0.0979. The molecular weight excluding hydrogens is 256 g/mol. The fourth-order valence-corrected chi connectivity index (χ4v) is 1.89. The largest absolute Gasteiger partial charge is 0.497 e. The Morgan fingerprint density at radius 2 is 2.00 bits per heavy atom. The van der Waals surface area contributed by atoms with E-state index in [0.717, 1.165) is 17.1 Å². The molecule has 0 saturated carbocycles. The SMILES string of the molecule is COc1ccc(OC)c(CNCCS(N)(=O)=O)c1. The molecule has 0 spiro atoms. The van der Waals surface area contributed by atoms with Crippen LogP contribution < -0.4 is 19.9 Å². The highest BCUT2D eigenvalue weighted by atomic mass is 32.2. The third-order valence-electron chi connectivity index (χ3n) is 2.37. The Labute approximate surface area is 107 Å². The number of ether oxygens (including phenoxy) is 2. The lowest BCUT2D eigenvalue weighted by molar-refractivity contribution is 0.397. The van der Waals surface area contributed by atoms with Crippen LogP contribution >= 0.6 is 0 Å². The predicted molar refractivity (Wildman–Crippen MR) is 69.2 cm³/mol. The van der Waals surface area contributed by atoms with Gasteiger partial charge in [0.1, 0.15) is 11.5 Å². The van der Waals surface area contributed by atoms with Gasteiger partial charge in [0.2, 0.25) is 10.0 Å². The van der Waals surface area contributed by atoms with Crippen molar-refractivity contribution in [2.24, 2.45) is 5.14 Å². The van der Waals surface area contributed by atoms with Crippen LogP contribution in [0.15, 0.2) is 18.2 Å². The normalized spacial score (nSPS) is 11.3. The molecule has 0 bridgehead atoms. The van der Waals surface area contributed by atoms with Crippen molar-refractivity contribution in [2.75, 3.05) is 26.5 Å². The van der Waals surface area contributed by atoms with Gasteiger partial charge in [-0.05, 0) is 18.2 Å². The summed E-state index contributed by atoms with van der Waals surface area (Å²) in [5.74, 6) is 1.34. The first kappa shape index (κ1) is 14.7. The maximum absolute atomic E-state index is 10.8. The van der Waals surface area contributed by atoms with Crippen molar-refractivity contribution in [1.82, 2.24) is 5.32 Å². The van der Waals surface area contributed by atoms with E-state index in [9.17, 15) is 8.42 Å². The van der Waals surface area contributed by atoms with Crippen LogP contribution in [0.1, 0.15) is 5.56 Å². The molecule has 18 heavy (non-hydrogen) atoms. The van der Waals surface area contributed by atoms with Gasteiger partial charge < -0.3 is 14.8 Å². The smallest absolute Gasteiger partial charge is 0.210 e. The zero-order valence-corrected chi connectivity index (χ0v) is 11.3. The van der Waals surface area contributed by atoms with E-state index in [2.05, 4.69) is 5.32 Å². The maximum atomic E-state index is 10.8. The number of hydrogen-bond acceptors (Lipinski definition) is 5. The molecule has 0 aliphatic heterocycles. The average Bonchev–Trinajstić information content (AvgIpc) is 2.33. The van der Waals surface area contributed by atoms with Gasteiger partial charge in [0, 0.05) is 18.7 Å². The van der Waals surface area contributed by atoms with Crippen LogP contribution in [0.4, 0.5) is 0 Å². The second kappa shape index (κ2) is 6.58. The van der Waals surface area contributed by atoms with Crippen LogP contribution in [0.3, 0.4) is 0 Å². The fraction of sp³-hybridized carbons (Fsp3) is 0.455. The quantitative estimate of drug-likeness (QED) is 0.687. The Hall–Kier alpha value is -1.31. The summed E-state index contributed by atoms with van der Waals surface area (Å²) < 4.78 is 31.8. The van der Waals surface area contributed by atoms with Gasteiger partial charge in [-0.25, -0.2) is 13.6 Å². The van der Waals surface area contributed by atoms with Crippen LogP contribution in [0.5, 0.6) is 11.5 Å². The number of hydrogen-bond donors (Lipinski definition) is 2. The van der Waals surface area contributed by atoms with Gasteiger partial charge in [0.05, 0.1) is 20.0 Å². The summed E-state index contributed by atoms with van der Waals surface area (Å²) in [5, 5.41) is 7.89. The lowest BCUT2D eigenvalue weighted by Crippen LogP contribution is -2.26. The van der Waals surface area contributed by atoms with E-state index in [1.807, 2.05) is 6.07 Å². The summed E-state index contributed by atoms with van der Waals surface area (Å²) >= 11 is 0. The van der Waals surface area contributed by atoms with Gasteiger partial charge in [0.15, 0.2) is 0 Å². The van der Waals surface area contributed by atoms with Crippen molar-refractivity contribution >= 4 is 10.0 Å². The van der Waals surface area contributed by atoms with E-state index in [0.29, 0.717) is 13.1 Å². The Morgan fingerprint density at radius 1 is 1.28 bits per heavy atom. The van der Waals surface area contributed by atoms with Gasteiger partial charge in [-0.2, -0.15) is 0 Å². The van der Waals surface area contributed by atoms with Gasteiger partial charge in [-0.15, -0.1) is 0 Å². The Kier molecular flexibility index (Phi) is 5.39. The second-order valence-corrected chi connectivity index (χ2v) is 5.46. The zero-order valence-electron chi connectivity index (χ0n) is 10.5. The van der Waals surface area contributed by atoms with E-state index < -0.39 is 10.0 Å². The summed E-state index contributed by atoms with van der Waals surface area (Å²) in [6.45, 7) is 0.773. The molecule has 0 aliphatic carbocycles. The first-order valence-corrected chi connectivity index (χ1v) is 7.10. The van der Waals surface area contributed by atoms with Crippen LogP contribution in [-0.2, 0) is 16.6 Å². The Bertz CT molecular complexity index is 488. The maximum Gasteiger partial charge on any atom is 0.210 e. The molecule has 0 unspecified atom stereocenters. The molecule has 0 saturated heterocycles. The monoisotopic (exact) mass is 274 g/mol. The number of nitrogens with two attached hydrogens (primary N) is 1. The highest BCUT2D eigenvalue weighted by Gasteiger charge is 2.06. The van der Waals surface area contributed by atoms with Gasteiger partial charge in [-0.1, -0.05) is 0 Å². The molecule has 6 nitrogen and oxygen atoms in total. The number of benzene rings is 1. The van der Waals surface area contributed by atoms with E-state index in [4.69, 9.17) is 14.6 Å². The van der Waals surface area contributed by atoms with E-state index in [1.54, 1.807) is 26.4 Å². The predicted octanol–water partition coefficient (Wildman–Crippen LogP) is 0.0819. The minimum atomic E-state index is -3.43. The number of methoxy groups -OCH3 is 2. The van der Waals surface area contributed by atoms with Crippen LogP contribution in [-0.4, -0.2) is 34.9 Å². The molecule has 0 aromatic heterocycles. The van der Waals surface area contributed by atoms with Crippen molar-refractivity contribution in [3.05, 3.63) is 23.8 Å². The van der Waals surface area contributed by atoms with Crippen molar-refractivity contribution in [1.29, 1.82) is 0 Å². The molecule has 1 aromatic rings. The molecule has 0 radical (unpaired) electrons. The Balaban J connectivity index is 2.60. The van der Waals surface area contributed by atoms with Crippen molar-refractivity contribution in [2.45, 2.75) is 6.54 Å². The lowest BCUT2D eigenvalue weighted by Gasteiger charge is -2.11. The third kappa shape index (κ3) is 4.91. The molecule has 0 amide bonds. The van der Waals surface area contributed by atoms with Crippen molar-refractivity contribution in [3.8, 4) is 11.5 Å². The minimum Gasteiger partial charge on any atom is -0.497 e.